The summed E-state index contributed by atoms with van der Waals surface area (Å²) in [7, 11) is 0. The van der Waals surface area contributed by atoms with E-state index in [9.17, 15) is 5.11 Å². The third-order valence-corrected chi connectivity index (χ3v) is 2.83. The van der Waals surface area contributed by atoms with E-state index in [1.54, 1.807) is 24.3 Å². The van der Waals surface area contributed by atoms with Gasteiger partial charge in [0.05, 0.1) is 17.6 Å². The molecule has 0 radical (unpaired) electrons. The molecule has 5 nitrogen and oxygen atoms in total. The van der Waals surface area contributed by atoms with Crippen molar-refractivity contribution in [2.75, 3.05) is 5.73 Å². The van der Waals surface area contributed by atoms with Crippen molar-refractivity contribution in [3.63, 3.8) is 0 Å². The number of nitrogens with zero attached hydrogens (tertiary/aromatic N) is 1. The zero-order chi connectivity index (χ0) is 13.2. The van der Waals surface area contributed by atoms with Gasteiger partial charge < -0.3 is 20.6 Å². The minimum absolute atomic E-state index is 0.0800. The highest BCUT2D eigenvalue weighted by Crippen LogP contribution is 2.25. The largest absolute Gasteiger partial charge is 0.425 e. The number of aliphatic hydroxyl groups excluding tert-OH is 1. The van der Waals surface area contributed by atoms with Crippen molar-refractivity contribution in [2.24, 2.45) is 0 Å². The molecule has 0 aliphatic carbocycles. The molecule has 0 fully saturated rings. The van der Waals surface area contributed by atoms with Crippen LogP contribution in [0.2, 0.25) is 0 Å². The van der Waals surface area contributed by atoms with E-state index in [1.165, 1.54) is 0 Å². The van der Waals surface area contributed by atoms with Crippen LogP contribution in [0.4, 0.5) is 5.69 Å². The summed E-state index contributed by atoms with van der Waals surface area (Å²) in [5, 5.41) is 9.25. The average molecular weight is 255 g/mol. The number of rotatable bonds is 3. The van der Waals surface area contributed by atoms with Gasteiger partial charge in [0.15, 0.2) is 0 Å². The standard InChI is InChI=1S/C14H13N3O2/c15-10-5-6-11-12(7-10)17-14(16-11)19-13-4-2-1-3-9(13)8-18/h1-7,18H,8,15H2,(H,16,17). The number of hydrogen-bond donors (Lipinski definition) is 3. The SMILES string of the molecule is Nc1ccc2nc(Oc3ccccc3CO)[nH]c2c1. The van der Waals surface area contributed by atoms with Crippen LogP contribution in [0.3, 0.4) is 0 Å². The molecule has 2 aromatic carbocycles. The Kier molecular flexibility index (Phi) is 2.81. The molecule has 0 spiro atoms. The van der Waals surface area contributed by atoms with Crippen LogP contribution >= 0.6 is 0 Å². The minimum Gasteiger partial charge on any atom is -0.425 e. The lowest BCUT2D eigenvalue weighted by Crippen LogP contribution is -1.92. The molecule has 0 saturated heterocycles. The van der Waals surface area contributed by atoms with Crippen molar-refractivity contribution in [3.8, 4) is 11.8 Å². The van der Waals surface area contributed by atoms with Gasteiger partial charge in [0.25, 0.3) is 6.01 Å². The van der Waals surface area contributed by atoms with Crippen LogP contribution in [-0.4, -0.2) is 15.1 Å². The second-order valence-corrected chi connectivity index (χ2v) is 4.19. The first kappa shape index (κ1) is 11.6. The smallest absolute Gasteiger partial charge is 0.300 e. The molecule has 19 heavy (non-hydrogen) atoms. The van der Waals surface area contributed by atoms with E-state index in [4.69, 9.17) is 10.5 Å². The summed E-state index contributed by atoms with van der Waals surface area (Å²) >= 11 is 0. The predicted octanol–water partition coefficient (Wildman–Crippen LogP) is 2.43. The summed E-state index contributed by atoms with van der Waals surface area (Å²) in [6.45, 7) is -0.0800. The first-order valence-corrected chi connectivity index (χ1v) is 5.88. The second kappa shape index (κ2) is 4.62. The maximum Gasteiger partial charge on any atom is 0.300 e. The molecule has 0 aliphatic rings. The number of para-hydroxylation sites is 1. The Morgan fingerprint density at radius 3 is 2.89 bits per heavy atom. The molecular formula is C14H13N3O2. The highest BCUT2D eigenvalue weighted by Gasteiger charge is 2.07. The number of fused-ring (bicyclic) bond motifs is 1. The number of ether oxygens (including phenoxy) is 1. The van der Waals surface area contributed by atoms with Gasteiger partial charge in [-0.25, -0.2) is 0 Å². The Bertz CT molecular complexity index is 722. The van der Waals surface area contributed by atoms with Crippen molar-refractivity contribution >= 4 is 16.7 Å². The van der Waals surface area contributed by atoms with Crippen LogP contribution in [0.1, 0.15) is 5.56 Å². The Morgan fingerprint density at radius 2 is 2.05 bits per heavy atom. The molecule has 0 saturated carbocycles. The van der Waals surface area contributed by atoms with Crippen LogP contribution < -0.4 is 10.5 Å². The highest BCUT2D eigenvalue weighted by molar-refractivity contribution is 5.79. The van der Waals surface area contributed by atoms with Gasteiger partial charge in [-0.15, -0.1) is 0 Å². The molecule has 0 amide bonds. The number of anilines is 1. The van der Waals surface area contributed by atoms with Gasteiger partial charge >= 0.3 is 0 Å². The second-order valence-electron chi connectivity index (χ2n) is 4.19. The van der Waals surface area contributed by atoms with Crippen molar-refractivity contribution in [3.05, 3.63) is 48.0 Å². The average Bonchev–Trinajstić information content (AvgIpc) is 2.80. The summed E-state index contributed by atoms with van der Waals surface area (Å²) in [6.07, 6.45) is 0. The van der Waals surface area contributed by atoms with Crippen LogP contribution in [0.25, 0.3) is 11.0 Å². The van der Waals surface area contributed by atoms with Crippen LogP contribution in [0.5, 0.6) is 11.8 Å². The van der Waals surface area contributed by atoms with Gasteiger partial charge in [0, 0.05) is 11.3 Å². The fourth-order valence-corrected chi connectivity index (χ4v) is 1.89. The predicted molar refractivity (Wildman–Crippen MR) is 72.9 cm³/mol. The van der Waals surface area contributed by atoms with Gasteiger partial charge in [-0.05, 0) is 24.3 Å². The maximum atomic E-state index is 9.25. The lowest BCUT2D eigenvalue weighted by molar-refractivity contribution is 0.275. The normalized spacial score (nSPS) is 10.8. The van der Waals surface area contributed by atoms with Crippen molar-refractivity contribution in [1.82, 2.24) is 9.97 Å². The van der Waals surface area contributed by atoms with E-state index in [0.29, 0.717) is 23.0 Å². The number of benzene rings is 2. The van der Waals surface area contributed by atoms with Crippen molar-refractivity contribution in [1.29, 1.82) is 0 Å². The molecule has 5 heteroatoms. The Balaban J connectivity index is 1.96. The topological polar surface area (TPSA) is 84.2 Å². The van der Waals surface area contributed by atoms with Crippen LogP contribution in [0.15, 0.2) is 42.5 Å². The molecule has 96 valence electrons. The van der Waals surface area contributed by atoms with Gasteiger partial charge in [-0.2, -0.15) is 4.98 Å². The highest BCUT2D eigenvalue weighted by atomic mass is 16.5. The van der Waals surface area contributed by atoms with Crippen molar-refractivity contribution in [2.45, 2.75) is 6.61 Å². The van der Waals surface area contributed by atoms with Gasteiger partial charge in [-0.1, -0.05) is 18.2 Å². The number of aromatic amines is 1. The van der Waals surface area contributed by atoms with Crippen LogP contribution in [0, 0.1) is 0 Å². The van der Waals surface area contributed by atoms with Gasteiger partial charge in [-0.3, -0.25) is 0 Å². The van der Waals surface area contributed by atoms with E-state index in [-0.39, 0.29) is 6.61 Å². The third kappa shape index (κ3) is 2.23. The summed E-state index contributed by atoms with van der Waals surface area (Å²) in [4.78, 5) is 7.35. The molecule has 3 rings (SSSR count). The van der Waals surface area contributed by atoms with E-state index in [2.05, 4.69) is 9.97 Å². The number of nitrogens with one attached hydrogen (secondary N) is 1. The van der Waals surface area contributed by atoms with Gasteiger partial charge in [0.1, 0.15) is 5.75 Å². The number of aliphatic hydroxyl groups is 1. The third-order valence-electron chi connectivity index (χ3n) is 2.83. The fourth-order valence-electron chi connectivity index (χ4n) is 1.89. The summed E-state index contributed by atoms with van der Waals surface area (Å²) in [6, 6.07) is 13.1. The van der Waals surface area contributed by atoms with Crippen molar-refractivity contribution < 1.29 is 9.84 Å². The van der Waals surface area contributed by atoms with Gasteiger partial charge in [0.2, 0.25) is 0 Å². The summed E-state index contributed by atoms with van der Waals surface area (Å²) in [5.41, 5.74) is 8.68. The molecule has 0 atom stereocenters. The van der Waals surface area contributed by atoms with E-state index in [1.807, 2.05) is 18.2 Å². The van der Waals surface area contributed by atoms with Crippen LogP contribution in [-0.2, 0) is 6.61 Å². The maximum absolute atomic E-state index is 9.25. The quantitative estimate of drug-likeness (QED) is 0.627. The molecule has 0 bridgehead atoms. The Labute approximate surface area is 109 Å². The van der Waals surface area contributed by atoms with E-state index < -0.39 is 0 Å². The molecular weight excluding hydrogens is 242 g/mol. The van der Waals surface area contributed by atoms with E-state index in [0.717, 1.165) is 11.0 Å². The summed E-state index contributed by atoms with van der Waals surface area (Å²) in [5.74, 6) is 0.581. The summed E-state index contributed by atoms with van der Waals surface area (Å²) < 4.78 is 5.66. The number of H-pyrrole nitrogens is 1. The first-order chi connectivity index (χ1) is 9.26. The van der Waals surface area contributed by atoms with E-state index >= 15 is 0 Å². The Hall–Kier alpha value is -2.53. The zero-order valence-electron chi connectivity index (χ0n) is 10.1. The fraction of sp³-hybridized carbons (Fsp3) is 0.0714. The number of hydrogen-bond acceptors (Lipinski definition) is 4. The lowest BCUT2D eigenvalue weighted by atomic mass is 10.2. The molecule has 0 unspecified atom stereocenters. The number of aromatic nitrogens is 2. The number of nitrogens with two attached hydrogens (primary N) is 1. The first-order valence-electron chi connectivity index (χ1n) is 5.88. The lowest BCUT2D eigenvalue weighted by Gasteiger charge is -2.05. The zero-order valence-corrected chi connectivity index (χ0v) is 10.1. The molecule has 1 heterocycles. The molecule has 3 aromatic rings. The Morgan fingerprint density at radius 1 is 1.21 bits per heavy atom. The number of imidazole rings is 1. The minimum atomic E-state index is -0.0800. The molecule has 0 aliphatic heterocycles. The molecule has 1 aromatic heterocycles. The monoisotopic (exact) mass is 255 g/mol. The molecule has 4 N–H and O–H groups in total. The number of nitrogen functional groups attached to an aromatic ring is 1.